The van der Waals surface area contributed by atoms with E-state index >= 15 is 0 Å². The summed E-state index contributed by atoms with van der Waals surface area (Å²) in [6.45, 7) is 0.390. The molecule has 1 aromatic heterocycles. The molecule has 1 aliphatic carbocycles. The molecule has 4 rings (SSSR count). The molecule has 0 spiro atoms. The number of amides is 2. The first-order valence-electron chi connectivity index (χ1n) is 10.8. The van der Waals surface area contributed by atoms with Crippen LogP contribution in [-0.4, -0.2) is 35.7 Å². The summed E-state index contributed by atoms with van der Waals surface area (Å²) in [6, 6.07) is 16.9. The van der Waals surface area contributed by atoms with Gasteiger partial charge in [-0.2, -0.15) is 0 Å². The number of carboxylic acids is 1. The van der Waals surface area contributed by atoms with E-state index in [1.807, 2.05) is 60.0 Å². The molecule has 34 heavy (non-hydrogen) atoms. The molecular formula is C25H23BrN2O5S. The lowest BCUT2D eigenvalue weighted by Crippen LogP contribution is -2.47. The van der Waals surface area contributed by atoms with Gasteiger partial charge in [0.1, 0.15) is 12.6 Å². The standard InChI is InChI=1S/C25H23BrN2O5S/c26-15-11-16(34-14-15)12-27-24(31)22(9-10-23(29)30)28-25(32)33-13-21-19-7-3-1-5-17(19)18-6-2-4-8-20(18)21/h1-8,11,14,21-22H,9-10,12-13H2,(H,27,31)(H,28,32)(H,29,30). The third-order valence-electron chi connectivity index (χ3n) is 5.66. The number of hydrogen-bond donors (Lipinski definition) is 3. The quantitative estimate of drug-likeness (QED) is 0.356. The van der Waals surface area contributed by atoms with Gasteiger partial charge in [-0.3, -0.25) is 9.59 Å². The molecule has 0 saturated carbocycles. The number of carboxylic acid groups (broad SMARTS) is 1. The van der Waals surface area contributed by atoms with Crippen molar-refractivity contribution in [2.75, 3.05) is 6.61 Å². The number of halogens is 1. The number of benzene rings is 2. The monoisotopic (exact) mass is 542 g/mol. The van der Waals surface area contributed by atoms with Gasteiger partial charge >= 0.3 is 12.1 Å². The molecule has 0 fully saturated rings. The van der Waals surface area contributed by atoms with Gasteiger partial charge in [0.15, 0.2) is 0 Å². The normalized spacial score (nSPS) is 13.0. The van der Waals surface area contributed by atoms with Crippen LogP contribution in [0.3, 0.4) is 0 Å². The molecule has 7 nitrogen and oxygen atoms in total. The summed E-state index contributed by atoms with van der Waals surface area (Å²) in [5, 5.41) is 16.2. The number of carbonyl (C=O) groups is 3. The van der Waals surface area contributed by atoms with Crippen molar-refractivity contribution in [3.63, 3.8) is 0 Å². The van der Waals surface area contributed by atoms with Crippen LogP contribution in [0.2, 0.25) is 0 Å². The van der Waals surface area contributed by atoms with Gasteiger partial charge in [0.05, 0.1) is 6.54 Å². The van der Waals surface area contributed by atoms with Gasteiger partial charge in [-0.05, 0) is 50.7 Å². The maximum atomic E-state index is 12.7. The van der Waals surface area contributed by atoms with Gasteiger partial charge in [0, 0.05) is 27.1 Å². The maximum Gasteiger partial charge on any atom is 0.407 e. The molecule has 0 bridgehead atoms. The Kier molecular flexibility index (Phi) is 7.64. The largest absolute Gasteiger partial charge is 0.481 e. The summed E-state index contributed by atoms with van der Waals surface area (Å²) in [5.41, 5.74) is 4.40. The van der Waals surface area contributed by atoms with E-state index in [1.165, 1.54) is 11.3 Å². The highest BCUT2D eigenvalue weighted by Crippen LogP contribution is 2.44. The van der Waals surface area contributed by atoms with Crippen LogP contribution in [0.1, 0.15) is 34.8 Å². The second-order valence-electron chi connectivity index (χ2n) is 7.90. The predicted molar refractivity (Wildman–Crippen MR) is 133 cm³/mol. The molecule has 1 aliphatic rings. The van der Waals surface area contributed by atoms with E-state index < -0.39 is 24.0 Å². The highest BCUT2D eigenvalue weighted by atomic mass is 79.9. The van der Waals surface area contributed by atoms with Crippen molar-refractivity contribution < 1.29 is 24.2 Å². The Morgan fingerprint density at radius 3 is 2.29 bits per heavy atom. The fraction of sp³-hybridized carbons (Fsp3) is 0.240. The Hall–Kier alpha value is -3.17. The first kappa shape index (κ1) is 24.0. The number of rotatable bonds is 9. The first-order valence-corrected chi connectivity index (χ1v) is 12.4. The molecule has 2 aromatic carbocycles. The molecule has 1 atom stereocenters. The maximum absolute atomic E-state index is 12.7. The molecule has 0 aliphatic heterocycles. The predicted octanol–water partition coefficient (Wildman–Crippen LogP) is 4.90. The Morgan fingerprint density at radius 2 is 1.71 bits per heavy atom. The lowest BCUT2D eigenvalue weighted by molar-refractivity contribution is -0.137. The summed E-state index contributed by atoms with van der Waals surface area (Å²) >= 11 is 4.84. The average Bonchev–Trinajstić information content (AvgIpc) is 3.39. The Bertz CT molecular complexity index is 1170. The number of ether oxygens (including phenoxy) is 1. The highest BCUT2D eigenvalue weighted by Gasteiger charge is 2.30. The van der Waals surface area contributed by atoms with Crippen LogP contribution in [-0.2, 0) is 20.9 Å². The zero-order valence-electron chi connectivity index (χ0n) is 18.1. The fourth-order valence-electron chi connectivity index (χ4n) is 4.06. The van der Waals surface area contributed by atoms with Crippen molar-refractivity contribution in [2.45, 2.75) is 31.3 Å². The van der Waals surface area contributed by atoms with E-state index in [1.54, 1.807) is 0 Å². The van der Waals surface area contributed by atoms with Crippen molar-refractivity contribution in [3.05, 3.63) is 80.5 Å². The summed E-state index contributed by atoms with van der Waals surface area (Å²) in [6.07, 6.45) is -1.06. The van der Waals surface area contributed by atoms with Crippen LogP contribution in [0.5, 0.6) is 0 Å². The third-order valence-corrected chi connectivity index (χ3v) is 7.36. The Balaban J connectivity index is 1.38. The SMILES string of the molecule is O=C(O)CCC(NC(=O)OCC1c2ccccc2-c2ccccc21)C(=O)NCc1cc(Br)cs1. The van der Waals surface area contributed by atoms with Gasteiger partial charge < -0.3 is 20.5 Å². The molecule has 1 heterocycles. The van der Waals surface area contributed by atoms with Gasteiger partial charge in [0.25, 0.3) is 0 Å². The van der Waals surface area contributed by atoms with Crippen molar-refractivity contribution in [1.29, 1.82) is 0 Å². The first-order chi connectivity index (χ1) is 16.4. The Morgan fingerprint density at radius 1 is 1.06 bits per heavy atom. The molecular weight excluding hydrogens is 520 g/mol. The second kappa shape index (κ2) is 10.8. The van der Waals surface area contributed by atoms with E-state index in [0.29, 0.717) is 0 Å². The Labute approximate surface area is 209 Å². The zero-order chi connectivity index (χ0) is 24.1. The lowest BCUT2D eigenvalue weighted by atomic mass is 9.98. The topological polar surface area (TPSA) is 105 Å². The van der Waals surface area contributed by atoms with Crippen molar-refractivity contribution in [2.24, 2.45) is 0 Å². The molecule has 2 amide bonds. The molecule has 3 N–H and O–H groups in total. The minimum absolute atomic E-state index is 0.0422. The summed E-state index contributed by atoms with van der Waals surface area (Å²) in [5.74, 6) is -1.62. The van der Waals surface area contributed by atoms with Crippen molar-refractivity contribution in [1.82, 2.24) is 10.6 Å². The van der Waals surface area contributed by atoms with Gasteiger partial charge in [-0.1, -0.05) is 48.5 Å². The third kappa shape index (κ3) is 5.66. The fourth-order valence-corrected chi connectivity index (χ4v) is 5.45. The van der Waals surface area contributed by atoms with Crippen LogP contribution in [0.25, 0.3) is 11.1 Å². The van der Waals surface area contributed by atoms with Crippen LogP contribution in [0.4, 0.5) is 4.79 Å². The van der Waals surface area contributed by atoms with E-state index in [2.05, 4.69) is 26.6 Å². The van der Waals surface area contributed by atoms with E-state index in [-0.39, 0.29) is 31.9 Å². The molecule has 176 valence electrons. The number of fused-ring (bicyclic) bond motifs is 3. The average molecular weight is 543 g/mol. The van der Waals surface area contributed by atoms with E-state index in [9.17, 15) is 14.4 Å². The summed E-state index contributed by atoms with van der Waals surface area (Å²) in [4.78, 5) is 37.3. The van der Waals surface area contributed by atoms with Crippen LogP contribution < -0.4 is 10.6 Å². The van der Waals surface area contributed by atoms with Crippen LogP contribution in [0, 0.1) is 0 Å². The minimum Gasteiger partial charge on any atom is -0.481 e. The molecule has 1 unspecified atom stereocenters. The van der Waals surface area contributed by atoms with Gasteiger partial charge in [-0.15, -0.1) is 11.3 Å². The van der Waals surface area contributed by atoms with Crippen molar-refractivity contribution >= 4 is 45.2 Å². The smallest absolute Gasteiger partial charge is 0.407 e. The van der Waals surface area contributed by atoms with Crippen LogP contribution in [0.15, 0.2) is 64.5 Å². The number of hydrogen-bond acceptors (Lipinski definition) is 5. The van der Waals surface area contributed by atoms with E-state index in [4.69, 9.17) is 9.84 Å². The van der Waals surface area contributed by atoms with Gasteiger partial charge in [-0.25, -0.2) is 4.79 Å². The lowest BCUT2D eigenvalue weighted by Gasteiger charge is -2.19. The van der Waals surface area contributed by atoms with Crippen LogP contribution >= 0.6 is 27.3 Å². The molecule has 0 saturated heterocycles. The summed E-state index contributed by atoms with van der Waals surface area (Å²) < 4.78 is 6.43. The summed E-state index contributed by atoms with van der Waals surface area (Å²) in [7, 11) is 0. The van der Waals surface area contributed by atoms with E-state index in [0.717, 1.165) is 31.6 Å². The number of thiophene rings is 1. The number of alkyl carbamates (subject to hydrolysis) is 1. The van der Waals surface area contributed by atoms with Crippen molar-refractivity contribution in [3.8, 4) is 11.1 Å². The second-order valence-corrected chi connectivity index (χ2v) is 9.82. The molecule has 9 heteroatoms. The number of carbonyl (C=O) groups excluding carboxylic acids is 2. The number of aliphatic carboxylic acids is 1. The number of nitrogens with one attached hydrogen (secondary N) is 2. The van der Waals surface area contributed by atoms with Gasteiger partial charge in [0.2, 0.25) is 5.91 Å². The minimum atomic E-state index is -1.05. The molecule has 0 radical (unpaired) electrons. The highest BCUT2D eigenvalue weighted by molar-refractivity contribution is 9.10. The zero-order valence-corrected chi connectivity index (χ0v) is 20.5. The molecule has 3 aromatic rings.